The standard InChI is InChI=1S/C29H41Cl2N3O2/c30-26-9-4-8-24(27(26)31)20-25(29(35)33-14-5-15-34-16-18-36-19-17-34)28(32)23-12-10-22(11-13-23)21-6-2-1-3-7-21/h1-3,6,9,21-23H,4-5,7-8,10-20,32H2,(H,33,35)/b28-25-/t21?,22-,23-. The van der Waals surface area contributed by atoms with Crippen LogP contribution < -0.4 is 11.1 Å². The highest BCUT2D eigenvalue weighted by Gasteiger charge is 2.30. The highest BCUT2D eigenvalue weighted by atomic mass is 35.5. The van der Waals surface area contributed by atoms with E-state index in [9.17, 15) is 4.79 Å². The monoisotopic (exact) mass is 533 g/mol. The Balaban J connectivity index is 1.40. The normalized spacial score (nSPS) is 28.1. The number of morpholine rings is 1. The molecule has 1 unspecified atom stereocenters. The van der Waals surface area contributed by atoms with Crippen molar-refractivity contribution in [2.24, 2.45) is 23.5 Å². The van der Waals surface area contributed by atoms with Gasteiger partial charge in [0.15, 0.2) is 0 Å². The second-order valence-corrected chi connectivity index (χ2v) is 11.3. The minimum atomic E-state index is -0.0559. The van der Waals surface area contributed by atoms with E-state index in [-0.39, 0.29) is 11.8 Å². The number of rotatable bonds is 9. The molecule has 36 heavy (non-hydrogen) atoms. The van der Waals surface area contributed by atoms with E-state index >= 15 is 0 Å². The lowest BCUT2D eigenvalue weighted by molar-refractivity contribution is -0.117. The van der Waals surface area contributed by atoms with Crippen LogP contribution in [0.3, 0.4) is 0 Å². The Morgan fingerprint density at radius 1 is 1.14 bits per heavy atom. The van der Waals surface area contributed by atoms with Gasteiger partial charge < -0.3 is 15.8 Å². The fourth-order valence-corrected chi connectivity index (χ4v) is 6.41. The van der Waals surface area contributed by atoms with Crippen LogP contribution in [0.4, 0.5) is 0 Å². The minimum absolute atomic E-state index is 0.0559. The van der Waals surface area contributed by atoms with Gasteiger partial charge in [-0.25, -0.2) is 0 Å². The molecular formula is C29H41Cl2N3O2. The molecule has 0 aromatic carbocycles. The van der Waals surface area contributed by atoms with E-state index in [1.807, 2.05) is 6.08 Å². The average molecular weight is 535 g/mol. The number of allylic oxidation sites excluding steroid dienone is 9. The maximum atomic E-state index is 13.4. The Labute approximate surface area is 226 Å². The van der Waals surface area contributed by atoms with Crippen molar-refractivity contribution in [3.05, 3.63) is 57.3 Å². The first-order chi connectivity index (χ1) is 17.5. The molecule has 1 heterocycles. The first kappa shape index (κ1) is 27.5. The van der Waals surface area contributed by atoms with Crippen LogP contribution in [0.5, 0.6) is 0 Å². The van der Waals surface area contributed by atoms with E-state index in [4.69, 9.17) is 33.7 Å². The highest BCUT2D eigenvalue weighted by molar-refractivity contribution is 6.44. The summed E-state index contributed by atoms with van der Waals surface area (Å²) >= 11 is 12.9. The molecule has 1 aliphatic heterocycles. The van der Waals surface area contributed by atoms with Crippen LogP contribution >= 0.6 is 23.2 Å². The van der Waals surface area contributed by atoms with Gasteiger partial charge in [-0.05, 0) is 81.2 Å². The van der Waals surface area contributed by atoms with Crippen molar-refractivity contribution in [3.63, 3.8) is 0 Å². The first-order valence-electron chi connectivity index (χ1n) is 13.7. The Bertz CT molecular complexity index is 923. The quantitative estimate of drug-likeness (QED) is 0.291. The van der Waals surface area contributed by atoms with Crippen LogP contribution in [0.2, 0.25) is 0 Å². The number of carbonyl (C=O) groups excluding carboxylic acids is 1. The molecule has 4 aliphatic rings. The first-order valence-corrected chi connectivity index (χ1v) is 14.4. The number of nitrogens with one attached hydrogen (secondary N) is 1. The van der Waals surface area contributed by atoms with E-state index in [0.717, 1.165) is 95.5 Å². The Morgan fingerprint density at radius 3 is 2.64 bits per heavy atom. The fraction of sp³-hybridized carbons (Fsp3) is 0.621. The van der Waals surface area contributed by atoms with Crippen LogP contribution in [0.25, 0.3) is 0 Å². The smallest absolute Gasteiger partial charge is 0.249 e. The van der Waals surface area contributed by atoms with Gasteiger partial charge in [-0.2, -0.15) is 0 Å². The molecule has 3 N–H and O–H groups in total. The SMILES string of the molecule is N/C(=C(/CC1=C(Cl)C(Cl)=CCC1)C(=O)NCCCN1CCOCC1)[C@H]1CC[C@H](C2C=CC=CC2)CC1. The lowest BCUT2D eigenvalue weighted by atomic mass is 9.72. The Kier molecular flexibility index (Phi) is 10.6. The van der Waals surface area contributed by atoms with Crippen molar-refractivity contribution in [1.82, 2.24) is 10.2 Å². The van der Waals surface area contributed by atoms with Crippen LogP contribution in [0, 0.1) is 17.8 Å². The average Bonchev–Trinajstić information content (AvgIpc) is 2.92. The van der Waals surface area contributed by atoms with Gasteiger partial charge >= 0.3 is 0 Å². The molecule has 0 spiro atoms. The van der Waals surface area contributed by atoms with E-state index in [0.29, 0.717) is 40.4 Å². The van der Waals surface area contributed by atoms with E-state index in [1.54, 1.807) is 0 Å². The van der Waals surface area contributed by atoms with Gasteiger partial charge in [0.1, 0.15) is 0 Å². The molecule has 0 bridgehead atoms. The molecule has 0 radical (unpaired) electrons. The topological polar surface area (TPSA) is 67.6 Å². The molecular weight excluding hydrogens is 493 g/mol. The van der Waals surface area contributed by atoms with Gasteiger partial charge in [0.05, 0.1) is 23.3 Å². The number of hydrogen-bond donors (Lipinski definition) is 2. The van der Waals surface area contributed by atoms with Crippen LogP contribution in [-0.4, -0.2) is 50.2 Å². The predicted octanol–water partition coefficient (Wildman–Crippen LogP) is 5.78. The molecule has 1 saturated heterocycles. The van der Waals surface area contributed by atoms with Crippen molar-refractivity contribution < 1.29 is 9.53 Å². The fourth-order valence-electron chi connectivity index (χ4n) is 5.92. The lowest BCUT2D eigenvalue weighted by Crippen LogP contribution is -2.38. The predicted molar refractivity (Wildman–Crippen MR) is 149 cm³/mol. The van der Waals surface area contributed by atoms with Gasteiger partial charge in [0, 0.05) is 37.3 Å². The Morgan fingerprint density at radius 2 is 1.92 bits per heavy atom. The van der Waals surface area contributed by atoms with Crippen LogP contribution in [0.1, 0.15) is 57.8 Å². The molecule has 5 nitrogen and oxygen atoms in total. The van der Waals surface area contributed by atoms with Crippen LogP contribution in [-0.2, 0) is 9.53 Å². The van der Waals surface area contributed by atoms with E-state index < -0.39 is 0 Å². The summed E-state index contributed by atoms with van der Waals surface area (Å²) in [5.74, 6) is 1.52. The maximum Gasteiger partial charge on any atom is 0.249 e. The van der Waals surface area contributed by atoms with Gasteiger partial charge in [-0.3, -0.25) is 9.69 Å². The zero-order valence-corrected chi connectivity index (χ0v) is 22.8. The van der Waals surface area contributed by atoms with Gasteiger partial charge in [-0.15, -0.1) is 0 Å². The molecule has 1 atom stereocenters. The summed E-state index contributed by atoms with van der Waals surface area (Å²) in [6, 6.07) is 0. The minimum Gasteiger partial charge on any atom is -0.401 e. The van der Waals surface area contributed by atoms with Crippen molar-refractivity contribution >= 4 is 29.1 Å². The second-order valence-electron chi connectivity index (χ2n) is 10.5. The number of nitrogens with two attached hydrogens (primary N) is 1. The largest absolute Gasteiger partial charge is 0.401 e. The van der Waals surface area contributed by atoms with Crippen molar-refractivity contribution in [2.45, 2.75) is 57.8 Å². The van der Waals surface area contributed by atoms with Gasteiger partial charge in [0.2, 0.25) is 5.91 Å². The maximum absolute atomic E-state index is 13.4. The zero-order valence-electron chi connectivity index (χ0n) is 21.3. The molecule has 7 heteroatoms. The number of carbonyl (C=O) groups is 1. The molecule has 1 amide bonds. The molecule has 0 aromatic rings. The molecule has 1 saturated carbocycles. The van der Waals surface area contributed by atoms with Gasteiger partial charge in [0.25, 0.3) is 0 Å². The van der Waals surface area contributed by atoms with Crippen LogP contribution in [0.15, 0.2) is 57.3 Å². The third-order valence-corrected chi connectivity index (χ3v) is 9.08. The summed E-state index contributed by atoms with van der Waals surface area (Å²) < 4.78 is 5.42. The summed E-state index contributed by atoms with van der Waals surface area (Å²) in [6.07, 6.45) is 19.4. The van der Waals surface area contributed by atoms with Crippen molar-refractivity contribution in [3.8, 4) is 0 Å². The Hall–Kier alpha value is -1.53. The summed E-state index contributed by atoms with van der Waals surface area (Å²) in [4.78, 5) is 15.8. The number of halogens is 2. The lowest BCUT2D eigenvalue weighted by Gasteiger charge is -2.34. The second kappa shape index (κ2) is 13.9. The summed E-state index contributed by atoms with van der Waals surface area (Å²) in [7, 11) is 0. The molecule has 198 valence electrons. The molecule has 3 aliphatic carbocycles. The van der Waals surface area contributed by atoms with E-state index in [1.165, 1.54) is 0 Å². The number of amides is 1. The summed E-state index contributed by atoms with van der Waals surface area (Å²) in [6.45, 7) is 5.10. The highest BCUT2D eigenvalue weighted by Crippen LogP contribution is 2.40. The number of ether oxygens (including phenoxy) is 1. The number of hydrogen-bond acceptors (Lipinski definition) is 4. The third kappa shape index (κ3) is 7.50. The number of nitrogens with zero attached hydrogens (tertiary/aromatic N) is 1. The summed E-state index contributed by atoms with van der Waals surface area (Å²) in [5, 5.41) is 4.31. The van der Waals surface area contributed by atoms with Crippen molar-refractivity contribution in [2.75, 3.05) is 39.4 Å². The molecule has 0 aromatic heterocycles. The van der Waals surface area contributed by atoms with Gasteiger partial charge in [-0.1, -0.05) is 53.6 Å². The van der Waals surface area contributed by atoms with E-state index in [2.05, 4.69) is 34.5 Å². The third-order valence-electron chi connectivity index (χ3n) is 8.17. The summed E-state index contributed by atoms with van der Waals surface area (Å²) in [5.41, 5.74) is 9.24. The molecule has 2 fully saturated rings. The zero-order chi connectivity index (χ0) is 25.3. The molecule has 4 rings (SSSR count). The van der Waals surface area contributed by atoms with Crippen molar-refractivity contribution in [1.29, 1.82) is 0 Å².